The lowest BCUT2D eigenvalue weighted by Crippen LogP contribution is -2.21. The van der Waals surface area contributed by atoms with Crippen LogP contribution in [-0.2, 0) is 0 Å². The van der Waals surface area contributed by atoms with Crippen molar-refractivity contribution in [1.29, 1.82) is 0 Å². The number of carbonyl (C=O) groups excluding carboxylic acids is 1. The predicted molar refractivity (Wildman–Crippen MR) is 121 cm³/mol. The third-order valence-electron chi connectivity index (χ3n) is 5.08. The largest absolute Gasteiger partial charge is 0.370 e. The molecule has 0 atom stereocenters. The first-order valence-electron chi connectivity index (χ1n) is 9.96. The minimum atomic E-state index is -0.287. The molecule has 1 saturated heterocycles. The van der Waals surface area contributed by atoms with Crippen molar-refractivity contribution < 1.29 is 4.79 Å². The zero-order chi connectivity index (χ0) is 20.9. The summed E-state index contributed by atoms with van der Waals surface area (Å²) in [4.78, 5) is 23.5. The highest BCUT2D eigenvalue weighted by Gasteiger charge is 2.16. The molecule has 152 valence electrons. The Morgan fingerprint density at radius 1 is 1.23 bits per heavy atom. The van der Waals surface area contributed by atoms with E-state index in [2.05, 4.69) is 43.0 Å². The standard InChI is InChI=1S/C23H24N6O/c1-3-8-24-13-16(2)26-23(30)22-20-12-17(6-7-21(20)27-28-22)18-11-19(15-25-14-18)29-9-4-5-10-29/h3,6-8,11-15H,1,4-5,9-10H2,2H3,(H,26,30)(H,27,28)/b16-13+,24-8?. The smallest absolute Gasteiger partial charge is 0.276 e. The van der Waals surface area contributed by atoms with E-state index in [-0.39, 0.29) is 5.91 Å². The van der Waals surface area contributed by atoms with Crippen molar-refractivity contribution in [3.63, 3.8) is 0 Å². The van der Waals surface area contributed by atoms with Crippen molar-refractivity contribution in [3.05, 3.63) is 66.9 Å². The monoisotopic (exact) mass is 400 g/mol. The zero-order valence-electron chi connectivity index (χ0n) is 16.9. The Bertz CT molecular complexity index is 1140. The molecule has 0 bridgehead atoms. The average molecular weight is 400 g/mol. The quantitative estimate of drug-likeness (QED) is 0.611. The van der Waals surface area contributed by atoms with Gasteiger partial charge in [0, 0.05) is 48.3 Å². The molecule has 0 aliphatic carbocycles. The van der Waals surface area contributed by atoms with Gasteiger partial charge in [-0.2, -0.15) is 5.10 Å². The molecule has 4 rings (SSSR count). The molecular formula is C23H24N6O. The highest BCUT2D eigenvalue weighted by atomic mass is 16.1. The molecule has 7 nitrogen and oxygen atoms in total. The van der Waals surface area contributed by atoms with E-state index in [0.29, 0.717) is 11.4 Å². The first kappa shape index (κ1) is 19.6. The number of fused-ring (bicyclic) bond motifs is 1. The second-order valence-corrected chi connectivity index (χ2v) is 7.26. The number of carbonyl (C=O) groups is 1. The zero-order valence-corrected chi connectivity index (χ0v) is 16.9. The van der Waals surface area contributed by atoms with Crippen LogP contribution in [0.25, 0.3) is 22.0 Å². The first-order valence-corrected chi connectivity index (χ1v) is 9.96. The molecule has 1 amide bonds. The Morgan fingerprint density at radius 3 is 2.87 bits per heavy atom. The van der Waals surface area contributed by atoms with Crippen LogP contribution < -0.4 is 10.2 Å². The number of H-pyrrole nitrogens is 1. The molecule has 3 heterocycles. The highest BCUT2D eigenvalue weighted by Crippen LogP contribution is 2.28. The molecular weight excluding hydrogens is 376 g/mol. The molecule has 30 heavy (non-hydrogen) atoms. The van der Waals surface area contributed by atoms with Crippen molar-refractivity contribution >= 4 is 28.7 Å². The SMILES string of the molecule is C=CC=N/C=C(\C)NC(=O)c1n[nH]c2ccc(-c3cncc(N4CCCC4)c3)cc12. The molecule has 1 aromatic carbocycles. The van der Waals surface area contributed by atoms with Gasteiger partial charge in [-0.15, -0.1) is 0 Å². The maximum absolute atomic E-state index is 12.7. The summed E-state index contributed by atoms with van der Waals surface area (Å²) >= 11 is 0. The Balaban J connectivity index is 1.62. The van der Waals surface area contributed by atoms with Crippen LogP contribution in [-0.4, -0.2) is 40.4 Å². The average Bonchev–Trinajstić information content (AvgIpc) is 3.44. The number of amides is 1. The number of rotatable bonds is 6. The molecule has 1 fully saturated rings. The minimum absolute atomic E-state index is 0.287. The van der Waals surface area contributed by atoms with Gasteiger partial charge in [0.05, 0.1) is 17.4 Å². The summed E-state index contributed by atoms with van der Waals surface area (Å²) in [5.74, 6) is -0.287. The topological polar surface area (TPSA) is 86.3 Å². The van der Waals surface area contributed by atoms with E-state index >= 15 is 0 Å². The number of pyridine rings is 1. The number of hydrogen-bond acceptors (Lipinski definition) is 5. The summed E-state index contributed by atoms with van der Waals surface area (Å²) in [6, 6.07) is 8.09. The van der Waals surface area contributed by atoms with Crippen LogP contribution in [0.4, 0.5) is 5.69 Å². The fourth-order valence-electron chi connectivity index (χ4n) is 3.59. The number of aliphatic imine (C=N–C) groups is 1. The van der Waals surface area contributed by atoms with Crippen molar-refractivity contribution in [2.75, 3.05) is 18.0 Å². The Morgan fingerprint density at radius 2 is 2.07 bits per heavy atom. The van der Waals surface area contributed by atoms with E-state index < -0.39 is 0 Å². The van der Waals surface area contributed by atoms with Gasteiger partial charge >= 0.3 is 0 Å². The predicted octanol–water partition coefficient (Wildman–Crippen LogP) is 4.07. The number of nitrogens with zero attached hydrogens (tertiary/aromatic N) is 4. The molecule has 0 unspecified atom stereocenters. The molecule has 0 radical (unpaired) electrons. The Hall–Kier alpha value is -3.74. The molecule has 1 aliphatic heterocycles. The molecule has 0 saturated carbocycles. The van der Waals surface area contributed by atoms with Crippen molar-refractivity contribution in [2.45, 2.75) is 19.8 Å². The lowest BCUT2D eigenvalue weighted by molar-refractivity contribution is 0.0962. The van der Waals surface area contributed by atoms with Crippen LogP contribution in [0.5, 0.6) is 0 Å². The van der Waals surface area contributed by atoms with Crippen molar-refractivity contribution in [2.24, 2.45) is 4.99 Å². The van der Waals surface area contributed by atoms with Crippen molar-refractivity contribution in [3.8, 4) is 11.1 Å². The molecule has 0 spiro atoms. The van der Waals surface area contributed by atoms with Gasteiger partial charge in [-0.05, 0) is 43.5 Å². The number of benzene rings is 1. The third-order valence-corrected chi connectivity index (χ3v) is 5.08. The Labute approximate surface area is 175 Å². The molecule has 3 aromatic rings. The summed E-state index contributed by atoms with van der Waals surface area (Å²) in [5.41, 5.74) is 4.91. The normalized spacial score (nSPS) is 14.6. The van der Waals surface area contributed by atoms with Crippen LogP contribution in [0.2, 0.25) is 0 Å². The van der Waals surface area contributed by atoms with Gasteiger partial charge in [-0.25, -0.2) is 0 Å². The van der Waals surface area contributed by atoms with Gasteiger partial charge in [0.1, 0.15) is 0 Å². The number of nitrogens with one attached hydrogen (secondary N) is 2. The number of aromatic amines is 1. The van der Waals surface area contributed by atoms with E-state index in [0.717, 1.165) is 40.8 Å². The van der Waals surface area contributed by atoms with Crippen LogP contribution in [0.1, 0.15) is 30.3 Å². The summed E-state index contributed by atoms with van der Waals surface area (Å²) in [6.07, 6.45) is 10.9. The van der Waals surface area contributed by atoms with Crippen LogP contribution >= 0.6 is 0 Å². The van der Waals surface area contributed by atoms with Gasteiger partial charge in [-0.1, -0.05) is 18.7 Å². The van der Waals surface area contributed by atoms with Gasteiger partial charge in [0.25, 0.3) is 5.91 Å². The second-order valence-electron chi connectivity index (χ2n) is 7.26. The number of anilines is 1. The molecule has 2 N–H and O–H groups in total. The maximum atomic E-state index is 12.7. The molecule has 2 aromatic heterocycles. The minimum Gasteiger partial charge on any atom is -0.370 e. The Kier molecular flexibility index (Phi) is 5.70. The van der Waals surface area contributed by atoms with Crippen LogP contribution in [0.3, 0.4) is 0 Å². The lowest BCUT2D eigenvalue weighted by Gasteiger charge is -2.17. The van der Waals surface area contributed by atoms with Gasteiger partial charge in [-0.3, -0.25) is 19.9 Å². The highest BCUT2D eigenvalue weighted by molar-refractivity contribution is 6.06. The van der Waals surface area contributed by atoms with Crippen LogP contribution in [0, 0.1) is 0 Å². The summed E-state index contributed by atoms with van der Waals surface area (Å²) in [6.45, 7) is 7.48. The number of hydrogen-bond donors (Lipinski definition) is 2. The van der Waals surface area contributed by atoms with E-state index in [9.17, 15) is 4.79 Å². The van der Waals surface area contributed by atoms with Gasteiger partial charge in [0.2, 0.25) is 0 Å². The maximum Gasteiger partial charge on any atom is 0.276 e. The number of aromatic nitrogens is 3. The van der Waals surface area contributed by atoms with E-state index in [1.54, 1.807) is 25.4 Å². The van der Waals surface area contributed by atoms with Gasteiger partial charge < -0.3 is 10.2 Å². The van der Waals surface area contributed by atoms with Gasteiger partial charge in [0.15, 0.2) is 5.69 Å². The second kappa shape index (κ2) is 8.73. The first-order chi connectivity index (χ1) is 14.7. The summed E-state index contributed by atoms with van der Waals surface area (Å²) < 4.78 is 0. The third kappa shape index (κ3) is 4.15. The lowest BCUT2D eigenvalue weighted by atomic mass is 10.0. The van der Waals surface area contributed by atoms with E-state index in [1.165, 1.54) is 12.8 Å². The molecule has 1 aliphatic rings. The fourth-order valence-corrected chi connectivity index (χ4v) is 3.59. The van der Waals surface area contributed by atoms with Crippen molar-refractivity contribution in [1.82, 2.24) is 20.5 Å². The summed E-state index contributed by atoms with van der Waals surface area (Å²) in [7, 11) is 0. The van der Waals surface area contributed by atoms with E-state index in [4.69, 9.17) is 0 Å². The number of allylic oxidation sites excluding steroid dienone is 2. The fraction of sp³-hybridized carbons (Fsp3) is 0.217. The van der Waals surface area contributed by atoms with Crippen LogP contribution in [0.15, 0.2) is 66.2 Å². The summed E-state index contributed by atoms with van der Waals surface area (Å²) in [5, 5.41) is 10.7. The van der Waals surface area contributed by atoms with E-state index in [1.807, 2.05) is 30.6 Å². The molecule has 7 heteroatoms.